The maximum absolute atomic E-state index is 10.8. The monoisotopic (exact) mass is 364 g/mol. The third kappa shape index (κ3) is 7.97. The van der Waals surface area contributed by atoms with Crippen LogP contribution in [0.15, 0.2) is 16.7 Å². The number of carbonyl (C=O) groups is 1. The second kappa shape index (κ2) is 11.4. The fraction of sp³-hybridized carbons (Fsp3) is 0.667. The summed E-state index contributed by atoms with van der Waals surface area (Å²) in [5, 5.41) is 61.0. The highest BCUT2D eigenvalue weighted by atomic mass is 16.4. The number of hydrogen-bond donors (Lipinski definition) is 8. The molecular formula is C12H24N6O7. The molecule has 1 aromatic heterocycles. The Labute approximate surface area is 143 Å². The van der Waals surface area contributed by atoms with E-state index >= 15 is 0 Å². The summed E-state index contributed by atoms with van der Waals surface area (Å²) in [6.45, 7) is -1.45. The molecule has 1 rings (SSSR count). The number of nitrogens with zero attached hydrogens (tertiary/aromatic N) is 4. The lowest BCUT2D eigenvalue weighted by Crippen LogP contribution is -2.46. The predicted octanol–water partition coefficient (Wildman–Crippen LogP) is -3.52. The Morgan fingerprint density at radius 1 is 1.20 bits per heavy atom. The molecule has 9 N–H and O–H groups in total. The van der Waals surface area contributed by atoms with E-state index in [0.717, 1.165) is 0 Å². The zero-order chi connectivity index (χ0) is 19.6. The Hall–Kier alpha value is -2.16. The smallest absolute Gasteiger partial charge is 0.269 e. The van der Waals surface area contributed by atoms with E-state index in [4.69, 9.17) is 36.4 Å². The van der Waals surface area contributed by atoms with Gasteiger partial charge < -0.3 is 41.4 Å². The first-order valence-corrected chi connectivity index (χ1v) is 7.01. The van der Waals surface area contributed by atoms with Crippen LogP contribution in [-0.4, -0.2) is 103 Å². The quantitative estimate of drug-likeness (QED) is 0.169. The summed E-state index contributed by atoms with van der Waals surface area (Å²) < 4.78 is 0. The van der Waals surface area contributed by atoms with Crippen molar-refractivity contribution in [2.75, 3.05) is 27.3 Å². The van der Waals surface area contributed by atoms with Gasteiger partial charge in [0, 0.05) is 14.1 Å². The van der Waals surface area contributed by atoms with Crippen LogP contribution in [0.4, 0.5) is 5.82 Å². The van der Waals surface area contributed by atoms with Crippen molar-refractivity contribution < 1.29 is 35.4 Å². The van der Waals surface area contributed by atoms with Gasteiger partial charge in [-0.3, -0.25) is 9.80 Å². The molecule has 0 aliphatic heterocycles. The van der Waals surface area contributed by atoms with Crippen molar-refractivity contribution in [3.05, 3.63) is 12.0 Å². The molecule has 1 heterocycles. The number of nitrogens with one attached hydrogen (secondary N) is 1. The predicted molar refractivity (Wildman–Crippen MR) is 83.5 cm³/mol. The number of primary amides is 1. The van der Waals surface area contributed by atoms with Gasteiger partial charge in [0.25, 0.3) is 5.91 Å². The number of carbonyl (C=O) groups excluding carboxylic acids is 1. The normalized spacial score (nSPS) is 15.8. The minimum absolute atomic E-state index is 0.158. The number of aromatic nitrogens is 2. The van der Waals surface area contributed by atoms with E-state index in [2.05, 4.69) is 20.3 Å². The number of aliphatic hydroxyl groups excluding tert-OH is 6. The molecule has 1 amide bonds. The minimum atomic E-state index is -1.67. The van der Waals surface area contributed by atoms with E-state index in [0.29, 0.717) is 0 Å². The van der Waals surface area contributed by atoms with E-state index in [1.807, 2.05) is 0 Å². The third-order valence-corrected chi connectivity index (χ3v) is 2.70. The van der Waals surface area contributed by atoms with Crippen molar-refractivity contribution in [2.24, 2.45) is 16.1 Å². The summed E-state index contributed by atoms with van der Waals surface area (Å²) in [6.07, 6.45) is -5.05. The molecule has 0 bridgehead atoms. The molecule has 0 saturated heterocycles. The van der Waals surface area contributed by atoms with Gasteiger partial charge >= 0.3 is 0 Å². The Morgan fingerprint density at radius 2 is 1.68 bits per heavy atom. The fourth-order valence-electron chi connectivity index (χ4n) is 1.35. The van der Waals surface area contributed by atoms with Gasteiger partial charge in [0.1, 0.15) is 24.4 Å². The lowest BCUT2D eigenvalue weighted by Gasteiger charge is -2.24. The van der Waals surface area contributed by atoms with Crippen LogP contribution in [0.25, 0.3) is 0 Å². The maximum atomic E-state index is 10.8. The molecule has 4 unspecified atom stereocenters. The molecule has 0 aliphatic carbocycles. The Balaban J connectivity index is 0.000000463. The fourth-order valence-corrected chi connectivity index (χ4v) is 1.35. The number of rotatable bonds is 8. The van der Waals surface area contributed by atoms with Gasteiger partial charge in [-0.15, -0.1) is 5.11 Å². The molecule has 13 nitrogen and oxygen atoms in total. The highest BCUT2D eigenvalue weighted by Gasteiger charge is 2.29. The van der Waals surface area contributed by atoms with Gasteiger partial charge in [-0.1, -0.05) is 5.22 Å². The summed E-state index contributed by atoms with van der Waals surface area (Å²) in [4.78, 5) is 17.1. The van der Waals surface area contributed by atoms with Gasteiger partial charge in [0.05, 0.1) is 19.5 Å². The first-order chi connectivity index (χ1) is 11.6. The van der Waals surface area contributed by atoms with Crippen molar-refractivity contribution in [3.8, 4) is 0 Å². The molecule has 144 valence electrons. The number of H-pyrrole nitrogens is 1. The van der Waals surface area contributed by atoms with Crippen LogP contribution in [0.3, 0.4) is 0 Å². The average Bonchev–Trinajstić information content (AvgIpc) is 3.06. The largest absolute Gasteiger partial charge is 0.394 e. The van der Waals surface area contributed by atoms with Crippen LogP contribution < -0.4 is 5.73 Å². The zero-order valence-electron chi connectivity index (χ0n) is 13.8. The van der Waals surface area contributed by atoms with E-state index in [-0.39, 0.29) is 11.5 Å². The number of aliphatic hydroxyl groups is 6. The van der Waals surface area contributed by atoms with Crippen molar-refractivity contribution >= 4 is 11.7 Å². The van der Waals surface area contributed by atoms with E-state index in [1.54, 1.807) is 14.1 Å². The molecule has 0 fully saturated rings. The van der Waals surface area contributed by atoms with E-state index < -0.39 is 43.5 Å². The second-order valence-electron chi connectivity index (χ2n) is 4.98. The summed E-state index contributed by atoms with van der Waals surface area (Å²) in [6, 6.07) is 0. The summed E-state index contributed by atoms with van der Waals surface area (Å²) >= 11 is 0. The molecule has 0 spiro atoms. The standard InChI is InChI=1S/C6H10N6O.C6H14O6/c1-12(2)11-10-6-4(5(7)13)8-3-9-6;7-1-3(9)5(11)6(12)4(10)2-8/h3H,1-2H3,(H2,7,13)(H,8,9);3-12H,1-2H2. The van der Waals surface area contributed by atoms with Crippen molar-refractivity contribution in [2.45, 2.75) is 24.4 Å². The minimum Gasteiger partial charge on any atom is -0.394 e. The third-order valence-electron chi connectivity index (χ3n) is 2.70. The highest BCUT2D eigenvalue weighted by molar-refractivity contribution is 5.94. The lowest BCUT2D eigenvalue weighted by atomic mass is 10.0. The first-order valence-electron chi connectivity index (χ1n) is 7.01. The maximum Gasteiger partial charge on any atom is 0.269 e. The number of nitrogens with two attached hydrogens (primary N) is 1. The average molecular weight is 364 g/mol. The molecule has 0 radical (unpaired) electrons. The number of imidazole rings is 1. The van der Waals surface area contributed by atoms with Gasteiger partial charge in [0.15, 0.2) is 5.69 Å². The van der Waals surface area contributed by atoms with E-state index in [9.17, 15) is 4.79 Å². The van der Waals surface area contributed by atoms with E-state index in [1.165, 1.54) is 11.3 Å². The molecule has 0 aromatic carbocycles. The molecule has 13 heteroatoms. The van der Waals surface area contributed by atoms with Crippen LogP contribution >= 0.6 is 0 Å². The van der Waals surface area contributed by atoms with Crippen LogP contribution in [0.5, 0.6) is 0 Å². The van der Waals surface area contributed by atoms with Crippen molar-refractivity contribution in [1.29, 1.82) is 0 Å². The first kappa shape index (κ1) is 22.8. The number of amides is 1. The highest BCUT2D eigenvalue weighted by Crippen LogP contribution is 2.12. The second-order valence-corrected chi connectivity index (χ2v) is 4.98. The van der Waals surface area contributed by atoms with Gasteiger partial charge in [-0.2, -0.15) is 0 Å². The summed E-state index contributed by atoms with van der Waals surface area (Å²) in [5.41, 5.74) is 5.20. The zero-order valence-corrected chi connectivity index (χ0v) is 13.8. The van der Waals surface area contributed by atoms with Crippen molar-refractivity contribution in [3.63, 3.8) is 0 Å². The molecule has 25 heavy (non-hydrogen) atoms. The molecule has 1 aromatic rings. The van der Waals surface area contributed by atoms with Gasteiger partial charge in [-0.05, 0) is 0 Å². The van der Waals surface area contributed by atoms with Crippen molar-refractivity contribution in [1.82, 2.24) is 15.0 Å². The molecule has 4 atom stereocenters. The number of aromatic amines is 1. The molecular weight excluding hydrogens is 340 g/mol. The van der Waals surface area contributed by atoms with Crippen LogP contribution in [0.1, 0.15) is 10.5 Å². The summed E-state index contributed by atoms with van der Waals surface area (Å²) in [7, 11) is 3.42. The molecule has 0 aliphatic rings. The summed E-state index contributed by atoms with van der Waals surface area (Å²) in [5.74, 6) is -0.411. The van der Waals surface area contributed by atoms with Crippen LogP contribution in [0, 0.1) is 0 Å². The molecule has 0 saturated carbocycles. The van der Waals surface area contributed by atoms with Gasteiger partial charge in [0.2, 0.25) is 5.82 Å². The Bertz CT molecular complexity index is 524. The van der Waals surface area contributed by atoms with Crippen LogP contribution in [-0.2, 0) is 0 Å². The Kier molecular flexibility index (Phi) is 10.4. The lowest BCUT2D eigenvalue weighted by molar-refractivity contribution is -0.123. The van der Waals surface area contributed by atoms with Crippen LogP contribution in [0.2, 0.25) is 0 Å². The van der Waals surface area contributed by atoms with Gasteiger partial charge in [-0.25, -0.2) is 4.98 Å². The SMILES string of the molecule is CN(C)N=Nc1nc[nH]c1C(N)=O.OCC(O)C(O)C(O)C(O)CO. The number of hydrogen-bond acceptors (Lipinski definition) is 10. The Morgan fingerprint density at radius 3 is 2.04 bits per heavy atom. The topological polar surface area (TPSA) is 221 Å².